The van der Waals surface area contributed by atoms with Gasteiger partial charge < -0.3 is 9.47 Å². The molecule has 96 valence electrons. The van der Waals surface area contributed by atoms with Crippen molar-refractivity contribution in [1.82, 2.24) is 0 Å². The van der Waals surface area contributed by atoms with Gasteiger partial charge in [-0.3, -0.25) is 4.79 Å². The van der Waals surface area contributed by atoms with Gasteiger partial charge in [0, 0.05) is 18.4 Å². The number of allylic oxidation sites excluding steroid dienone is 4. The first-order chi connectivity index (χ1) is 9.15. The monoisotopic (exact) mass is 254 g/mol. The first-order valence-corrected chi connectivity index (χ1v) is 5.87. The van der Waals surface area contributed by atoms with Gasteiger partial charge in [-0.05, 0) is 12.1 Å². The zero-order valence-electron chi connectivity index (χ0n) is 10.8. The van der Waals surface area contributed by atoms with Crippen molar-refractivity contribution in [3.05, 3.63) is 47.6 Å². The minimum Gasteiger partial charge on any atom is -0.496 e. The Morgan fingerprint density at radius 3 is 2.47 bits per heavy atom. The van der Waals surface area contributed by atoms with E-state index in [9.17, 15) is 4.79 Å². The molecule has 0 bridgehead atoms. The number of esters is 1. The molecule has 3 nitrogen and oxygen atoms in total. The fourth-order valence-electron chi connectivity index (χ4n) is 2.00. The van der Waals surface area contributed by atoms with Crippen LogP contribution in [0.25, 0.3) is 0 Å². The summed E-state index contributed by atoms with van der Waals surface area (Å²) in [6, 6.07) is 3.48. The van der Waals surface area contributed by atoms with E-state index in [2.05, 4.69) is 5.92 Å². The molecule has 0 aromatic heterocycles. The number of ether oxygens (including phenoxy) is 2. The molecule has 0 atom stereocenters. The predicted molar refractivity (Wildman–Crippen MR) is 73.3 cm³/mol. The van der Waals surface area contributed by atoms with E-state index in [1.807, 2.05) is 24.3 Å². The van der Waals surface area contributed by atoms with Crippen LogP contribution in [0.1, 0.15) is 24.0 Å². The summed E-state index contributed by atoms with van der Waals surface area (Å²) in [5.41, 5.74) is 1.42. The second-order valence-corrected chi connectivity index (χ2v) is 4.12. The van der Waals surface area contributed by atoms with E-state index in [1.165, 1.54) is 6.92 Å². The second-order valence-electron chi connectivity index (χ2n) is 4.12. The highest BCUT2D eigenvalue weighted by Crippen LogP contribution is 2.36. The molecule has 0 saturated carbocycles. The van der Waals surface area contributed by atoms with Crippen molar-refractivity contribution in [3.63, 3.8) is 0 Å². The average Bonchev–Trinajstić information content (AvgIpc) is 2.91. The number of hydrogen-bond donors (Lipinski definition) is 0. The third-order valence-electron chi connectivity index (χ3n) is 2.85. The lowest BCUT2D eigenvalue weighted by Gasteiger charge is -2.15. The Bertz CT molecular complexity index is 591. The lowest BCUT2D eigenvalue weighted by molar-refractivity contribution is -0.131. The van der Waals surface area contributed by atoms with Gasteiger partial charge in [0.25, 0.3) is 0 Å². The van der Waals surface area contributed by atoms with E-state index in [0.29, 0.717) is 17.1 Å². The van der Waals surface area contributed by atoms with Crippen molar-refractivity contribution >= 4 is 5.97 Å². The molecule has 1 aromatic carbocycles. The Morgan fingerprint density at radius 2 is 1.95 bits per heavy atom. The largest absolute Gasteiger partial charge is 0.496 e. The molecule has 0 aliphatic heterocycles. The lowest BCUT2D eigenvalue weighted by Crippen LogP contribution is -2.05. The van der Waals surface area contributed by atoms with E-state index >= 15 is 0 Å². The molecule has 0 unspecified atom stereocenters. The second kappa shape index (κ2) is 5.45. The Labute approximate surface area is 112 Å². The smallest absolute Gasteiger partial charge is 0.308 e. The SMILES string of the molecule is C#Cc1cc(OC)c(C2C=CC=C2)cc1OC(C)=O. The Hall–Kier alpha value is -2.47. The van der Waals surface area contributed by atoms with Crippen LogP contribution in [0.3, 0.4) is 0 Å². The van der Waals surface area contributed by atoms with E-state index < -0.39 is 5.97 Å². The maximum atomic E-state index is 11.1. The van der Waals surface area contributed by atoms with E-state index in [-0.39, 0.29) is 5.92 Å². The number of terminal acetylenes is 1. The molecule has 0 saturated heterocycles. The molecule has 3 heteroatoms. The van der Waals surface area contributed by atoms with Crippen LogP contribution in [0.2, 0.25) is 0 Å². The van der Waals surface area contributed by atoms with Gasteiger partial charge in [-0.15, -0.1) is 6.42 Å². The summed E-state index contributed by atoms with van der Waals surface area (Å²) < 4.78 is 10.5. The summed E-state index contributed by atoms with van der Waals surface area (Å²) in [6.07, 6.45) is 13.4. The third kappa shape index (κ3) is 2.69. The number of carbonyl (C=O) groups is 1. The number of hydrogen-bond acceptors (Lipinski definition) is 3. The zero-order chi connectivity index (χ0) is 13.8. The van der Waals surface area contributed by atoms with Gasteiger partial charge in [-0.1, -0.05) is 30.2 Å². The molecule has 1 aliphatic rings. The maximum absolute atomic E-state index is 11.1. The molecular formula is C16H14O3. The first kappa shape index (κ1) is 13.0. The Morgan fingerprint density at radius 1 is 1.26 bits per heavy atom. The van der Waals surface area contributed by atoms with Gasteiger partial charge in [-0.25, -0.2) is 0 Å². The van der Waals surface area contributed by atoms with Crippen LogP contribution in [0.5, 0.6) is 11.5 Å². The van der Waals surface area contributed by atoms with Crippen LogP contribution >= 0.6 is 0 Å². The minimum absolute atomic E-state index is 0.107. The van der Waals surface area contributed by atoms with Gasteiger partial charge in [-0.2, -0.15) is 0 Å². The number of methoxy groups -OCH3 is 1. The molecule has 0 spiro atoms. The molecule has 0 fully saturated rings. The summed E-state index contributed by atoms with van der Waals surface area (Å²) in [5, 5.41) is 0. The summed E-state index contributed by atoms with van der Waals surface area (Å²) >= 11 is 0. The summed E-state index contributed by atoms with van der Waals surface area (Å²) in [7, 11) is 1.59. The van der Waals surface area contributed by atoms with Crippen LogP contribution in [0.4, 0.5) is 0 Å². The van der Waals surface area contributed by atoms with E-state index in [1.54, 1.807) is 19.2 Å². The van der Waals surface area contributed by atoms with Crippen molar-refractivity contribution in [2.24, 2.45) is 0 Å². The van der Waals surface area contributed by atoms with Crippen molar-refractivity contribution in [2.45, 2.75) is 12.8 Å². The fourth-order valence-corrected chi connectivity index (χ4v) is 2.00. The van der Waals surface area contributed by atoms with Crippen LogP contribution in [0, 0.1) is 12.3 Å². The molecule has 19 heavy (non-hydrogen) atoms. The van der Waals surface area contributed by atoms with Crippen LogP contribution in [0.15, 0.2) is 36.4 Å². The van der Waals surface area contributed by atoms with Gasteiger partial charge in [0.1, 0.15) is 11.5 Å². The summed E-state index contributed by atoms with van der Waals surface area (Å²) in [6.45, 7) is 1.35. The van der Waals surface area contributed by atoms with Crippen molar-refractivity contribution < 1.29 is 14.3 Å². The van der Waals surface area contributed by atoms with Crippen molar-refractivity contribution in [1.29, 1.82) is 0 Å². The van der Waals surface area contributed by atoms with Gasteiger partial charge in [0.2, 0.25) is 0 Å². The highest BCUT2D eigenvalue weighted by molar-refractivity contribution is 5.71. The van der Waals surface area contributed by atoms with E-state index in [4.69, 9.17) is 15.9 Å². The highest BCUT2D eigenvalue weighted by Gasteiger charge is 2.17. The van der Waals surface area contributed by atoms with Crippen LogP contribution < -0.4 is 9.47 Å². The number of benzene rings is 1. The van der Waals surface area contributed by atoms with Gasteiger partial charge >= 0.3 is 5.97 Å². The minimum atomic E-state index is -0.398. The summed E-state index contributed by atoms with van der Waals surface area (Å²) in [5.74, 6) is 3.28. The molecule has 1 aromatic rings. The maximum Gasteiger partial charge on any atom is 0.308 e. The van der Waals surface area contributed by atoms with Crippen molar-refractivity contribution in [2.75, 3.05) is 7.11 Å². The molecule has 0 amide bonds. The van der Waals surface area contributed by atoms with Gasteiger partial charge in [0.15, 0.2) is 0 Å². The van der Waals surface area contributed by atoms with Crippen molar-refractivity contribution in [3.8, 4) is 23.8 Å². The highest BCUT2D eigenvalue weighted by atomic mass is 16.5. The molecule has 0 heterocycles. The normalized spacial score (nSPS) is 13.3. The quantitative estimate of drug-likeness (QED) is 0.472. The molecule has 1 aliphatic carbocycles. The van der Waals surface area contributed by atoms with E-state index in [0.717, 1.165) is 5.56 Å². The Kier molecular flexibility index (Phi) is 3.72. The summed E-state index contributed by atoms with van der Waals surface area (Å²) in [4.78, 5) is 11.1. The molecular weight excluding hydrogens is 240 g/mol. The Balaban J connectivity index is 2.52. The molecule has 0 N–H and O–H groups in total. The van der Waals surface area contributed by atoms with Crippen LogP contribution in [-0.4, -0.2) is 13.1 Å². The molecule has 0 radical (unpaired) electrons. The predicted octanol–water partition coefficient (Wildman–Crippen LogP) is 2.81. The van der Waals surface area contributed by atoms with Gasteiger partial charge in [0.05, 0.1) is 12.7 Å². The number of rotatable bonds is 3. The first-order valence-electron chi connectivity index (χ1n) is 5.87. The number of carbonyl (C=O) groups excluding carboxylic acids is 1. The topological polar surface area (TPSA) is 35.5 Å². The van der Waals surface area contributed by atoms with Crippen LogP contribution in [-0.2, 0) is 4.79 Å². The fraction of sp³-hybridized carbons (Fsp3) is 0.188. The molecule has 2 rings (SSSR count). The lowest BCUT2D eigenvalue weighted by atomic mass is 9.97. The average molecular weight is 254 g/mol. The third-order valence-corrected chi connectivity index (χ3v) is 2.85. The zero-order valence-corrected chi connectivity index (χ0v) is 10.8. The standard InChI is InChI=1S/C16H14O3/c1-4-12-9-16(18-3)14(13-7-5-6-8-13)10-15(12)19-11(2)17/h1,5-10,13H,2-3H3.